The second-order valence-corrected chi connectivity index (χ2v) is 3.41. The number of hydrogen-bond acceptors (Lipinski definition) is 1. The lowest BCUT2D eigenvalue weighted by Crippen LogP contribution is -1.77. The standard InChI is InChI=1S/C10H9N.C3H8/c1-8-4-5-9-3-2-6-11-10(9)7-8;1-3-2/h2-7H,1H3;3H2,1-2H3. The molecule has 0 bridgehead atoms. The molecule has 0 fully saturated rings. The Bertz CT molecular complexity index is 393. The van der Waals surface area contributed by atoms with Crippen molar-refractivity contribution in [2.75, 3.05) is 0 Å². The molecule has 0 atom stereocenters. The van der Waals surface area contributed by atoms with E-state index in [1.54, 1.807) is 0 Å². The highest BCUT2D eigenvalue weighted by molar-refractivity contribution is 5.78. The van der Waals surface area contributed by atoms with Gasteiger partial charge in [0.15, 0.2) is 0 Å². The summed E-state index contributed by atoms with van der Waals surface area (Å²) >= 11 is 0. The predicted molar refractivity (Wildman–Crippen MR) is 62.4 cm³/mol. The Morgan fingerprint density at radius 3 is 2.57 bits per heavy atom. The summed E-state index contributed by atoms with van der Waals surface area (Å²) in [6.45, 7) is 6.33. The van der Waals surface area contributed by atoms with Crippen molar-refractivity contribution in [1.82, 2.24) is 4.98 Å². The summed E-state index contributed by atoms with van der Waals surface area (Å²) in [4.78, 5) is 4.24. The number of aromatic nitrogens is 1. The van der Waals surface area contributed by atoms with Crippen LogP contribution in [0, 0.1) is 6.92 Å². The zero-order chi connectivity index (χ0) is 10.4. The second-order valence-electron chi connectivity index (χ2n) is 3.41. The van der Waals surface area contributed by atoms with Gasteiger partial charge in [-0.15, -0.1) is 0 Å². The average Bonchev–Trinajstić information content (AvgIpc) is 2.19. The Balaban J connectivity index is 0.000000293. The fraction of sp³-hybridized carbons (Fsp3) is 0.308. The van der Waals surface area contributed by atoms with E-state index in [4.69, 9.17) is 0 Å². The van der Waals surface area contributed by atoms with Crippen molar-refractivity contribution in [3.05, 3.63) is 42.1 Å². The van der Waals surface area contributed by atoms with Gasteiger partial charge >= 0.3 is 0 Å². The van der Waals surface area contributed by atoms with Crippen molar-refractivity contribution in [3.63, 3.8) is 0 Å². The van der Waals surface area contributed by atoms with Crippen molar-refractivity contribution >= 4 is 10.9 Å². The lowest BCUT2D eigenvalue weighted by Gasteiger charge is -1.95. The zero-order valence-electron chi connectivity index (χ0n) is 9.12. The number of benzene rings is 1. The van der Waals surface area contributed by atoms with Crippen molar-refractivity contribution in [2.45, 2.75) is 27.2 Å². The van der Waals surface area contributed by atoms with Crippen molar-refractivity contribution in [1.29, 1.82) is 0 Å². The van der Waals surface area contributed by atoms with Crippen LogP contribution in [-0.4, -0.2) is 4.98 Å². The number of fused-ring (bicyclic) bond motifs is 1. The van der Waals surface area contributed by atoms with Crippen LogP contribution in [-0.2, 0) is 0 Å². The molecule has 0 radical (unpaired) electrons. The quantitative estimate of drug-likeness (QED) is 0.608. The third kappa shape index (κ3) is 2.84. The first-order valence-electron chi connectivity index (χ1n) is 5.09. The van der Waals surface area contributed by atoms with Crippen LogP contribution < -0.4 is 0 Å². The van der Waals surface area contributed by atoms with Gasteiger partial charge in [-0.05, 0) is 24.6 Å². The van der Waals surface area contributed by atoms with Crippen molar-refractivity contribution in [3.8, 4) is 0 Å². The van der Waals surface area contributed by atoms with Crippen molar-refractivity contribution < 1.29 is 0 Å². The second kappa shape index (κ2) is 5.38. The van der Waals surface area contributed by atoms with Crippen LogP contribution in [0.2, 0.25) is 0 Å². The van der Waals surface area contributed by atoms with Gasteiger partial charge in [-0.2, -0.15) is 0 Å². The highest BCUT2D eigenvalue weighted by Crippen LogP contribution is 2.11. The van der Waals surface area contributed by atoms with Gasteiger partial charge in [-0.25, -0.2) is 0 Å². The molecule has 74 valence electrons. The highest BCUT2D eigenvalue weighted by atomic mass is 14.6. The summed E-state index contributed by atoms with van der Waals surface area (Å²) in [5.41, 5.74) is 2.34. The summed E-state index contributed by atoms with van der Waals surface area (Å²) in [5.74, 6) is 0. The molecular formula is C13H17N. The maximum atomic E-state index is 4.24. The first-order valence-corrected chi connectivity index (χ1v) is 5.09. The molecule has 1 heteroatoms. The molecule has 1 nitrogen and oxygen atoms in total. The number of nitrogens with zero attached hydrogens (tertiary/aromatic N) is 1. The summed E-state index contributed by atoms with van der Waals surface area (Å²) < 4.78 is 0. The summed E-state index contributed by atoms with van der Waals surface area (Å²) in [6, 6.07) is 10.3. The monoisotopic (exact) mass is 187 g/mol. The van der Waals surface area contributed by atoms with E-state index in [9.17, 15) is 0 Å². The molecule has 2 rings (SSSR count). The normalized spacial score (nSPS) is 9.36. The topological polar surface area (TPSA) is 12.9 Å². The van der Waals surface area contributed by atoms with Gasteiger partial charge in [-0.1, -0.05) is 38.5 Å². The van der Waals surface area contributed by atoms with Crippen LogP contribution in [0.3, 0.4) is 0 Å². The molecule has 14 heavy (non-hydrogen) atoms. The van der Waals surface area contributed by atoms with Gasteiger partial charge in [0, 0.05) is 11.6 Å². The van der Waals surface area contributed by atoms with E-state index in [0.717, 1.165) is 5.52 Å². The Kier molecular flexibility index (Phi) is 4.11. The zero-order valence-corrected chi connectivity index (χ0v) is 9.12. The Morgan fingerprint density at radius 2 is 1.86 bits per heavy atom. The Labute approximate surface area is 85.8 Å². The molecule has 0 saturated heterocycles. The molecule has 1 aromatic carbocycles. The fourth-order valence-electron chi connectivity index (χ4n) is 1.18. The molecular weight excluding hydrogens is 170 g/mol. The molecule has 1 heterocycles. The van der Waals surface area contributed by atoms with Gasteiger partial charge in [0.1, 0.15) is 0 Å². The number of rotatable bonds is 0. The minimum atomic E-state index is 1.08. The van der Waals surface area contributed by atoms with Crippen LogP contribution >= 0.6 is 0 Å². The van der Waals surface area contributed by atoms with Crippen LogP contribution in [0.25, 0.3) is 10.9 Å². The Morgan fingerprint density at radius 1 is 1.14 bits per heavy atom. The minimum absolute atomic E-state index is 1.08. The van der Waals surface area contributed by atoms with Crippen LogP contribution in [0.4, 0.5) is 0 Å². The number of aryl methyl sites for hydroxylation is 1. The third-order valence-corrected chi connectivity index (χ3v) is 1.76. The van der Waals surface area contributed by atoms with Crippen LogP contribution in [0.15, 0.2) is 36.5 Å². The van der Waals surface area contributed by atoms with Gasteiger partial charge < -0.3 is 0 Å². The third-order valence-electron chi connectivity index (χ3n) is 1.76. The Hall–Kier alpha value is -1.37. The summed E-state index contributed by atoms with van der Waals surface area (Å²) in [6.07, 6.45) is 3.07. The van der Waals surface area contributed by atoms with Gasteiger partial charge in [0.05, 0.1) is 5.52 Å². The van der Waals surface area contributed by atoms with Crippen LogP contribution in [0.1, 0.15) is 25.8 Å². The molecule has 2 aromatic rings. The van der Waals surface area contributed by atoms with E-state index in [-0.39, 0.29) is 0 Å². The largest absolute Gasteiger partial charge is 0.256 e. The molecule has 0 aliphatic carbocycles. The predicted octanol–water partition coefficient (Wildman–Crippen LogP) is 3.96. The molecule has 1 aromatic heterocycles. The molecule has 0 N–H and O–H groups in total. The fourth-order valence-corrected chi connectivity index (χ4v) is 1.18. The van der Waals surface area contributed by atoms with E-state index in [2.05, 4.69) is 50.0 Å². The summed E-state index contributed by atoms with van der Waals surface area (Å²) in [7, 11) is 0. The van der Waals surface area contributed by atoms with Crippen molar-refractivity contribution in [2.24, 2.45) is 0 Å². The van der Waals surface area contributed by atoms with Gasteiger partial charge in [0.2, 0.25) is 0 Å². The lowest BCUT2D eigenvalue weighted by atomic mass is 10.1. The number of hydrogen-bond donors (Lipinski definition) is 0. The number of pyridine rings is 1. The first kappa shape index (κ1) is 10.7. The first-order chi connectivity index (χ1) is 6.77. The van der Waals surface area contributed by atoms with Gasteiger partial charge in [-0.3, -0.25) is 4.98 Å². The van der Waals surface area contributed by atoms with E-state index in [1.807, 2.05) is 12.3 Å². The molecule has 0 aliphatic heterocycles. The maximum Gasteiger partial charge on any atom is 0.0704 e. The maximum absolute atomic E-state index is 4.24. The molecule has 0 saturated carbocycles. The van der Waals surface area contributed by atoms with E-state index < -0.39 is 0 Å². The average molecular weight is 187 g/mol. The highest BCUT2D eigenvalue weighted by Gasteiger charge is 1.90. The smallest absolute Gasteiger partial charge is 0.0704 e. The van der Waals surface area contributed by atoms with E-state index >= 15 is 0 Å². The SMILES string of the molecule is CCC.Cc1ccc2cccnc2c1. The molecule has 0 unspecified atom stereocenters. The van der Waals surface area contributed by atoms with E-state index in [0.29, 0.717) is 0 Å². The molecule has 0 amide bonds. The molecule has 0 aliphatic rings. The van der Waals surface area contributed by atoms with Gasteiger partial charge in [0.25, 0.3) is 0 Å². The van der Waals surface area contributed by atoms with Crippen LogP contribution in [0.5, 0.6) is 0 Å². The molecule has 0 spiro atoms. The van der Waals surface area contributed by atoms with E-state index in [1.165, 1.54) is 17.4 Å². The summed E-state index contributed by atoms with van der Waals surface area (Å²) in [5, 5.41) is 1.21. The minimum Gasteiger partial charge on any atom is -0.256 e. The lowest BCUT2D eigenvalue weighted by molar-refractivity contribution is 1.09.